The van der Waals surface area contributed by atoms with E-state index in [1.165, 1.54) is 0 Å². The minimum absolute atomic E-state index is 0. The van der Waals surface area contributed by atoms with Crippen LogP contribution in [0.1, 0.15) is 0 Å². The third-order valence-electron chi connectivity index (χ3n) is 0.552. The summed E-state index contributed by atoms with van der Waals surface area (Å²) in [6.45, 7) is -0.626. The molecule has 3 N–H and O–H groups in total. The van der Waals surface area contributed by atoms with Crippen LogP contribution in [0.5, 0.6) is 0 Å². The molecule has 0 atom stereocenters. The van der Waals surface area contributed by atoms with E-state index < -0.39 is 11.9 Å². The number of hydrogen-bond acceptors (Lipinski definition) is 3. The van der Waals surface area contributed by atoms with Gasteiger partial charge in [-0.15, -0.1) is 0 Å². The Labute approximate surface area is 94.7 Å². The Kier molecular flexibility index (Phi) is 9.74. The summed E-state index contributed by atoms with van der Waals surface area (Å²) in [5, 5.41) is 18.1. The maximum atomic E-state index is 9.73. The summed E-state index contributed by atoms with van der Waals surface area (Å²) in [6, 6.07) is 0. The SMILES string of the molecule is O=C(O)CNCC(=O)O.[SrH2]. The van der Waals surface area contributed by atoms with E-state index >= 15 is 0 Å². The van der Waals surface area contributed by atoms with Gasteiger partial charge in [-0.1, -0.05) is 0 Å². The number of carboxylic acid groups (broad SMARTS) is 2. The van der Waals surface area contributed by atoms with Crippen LogP contribution in [0.3, 0.4) is 0 Å². The van der Waals surface area contributed by atoms with Crippen LogP contribution in [-0.2, 0) is 9.59 Å². The third-order valence-corrected chi connectivity index (χ3v) is 0.552. The van der Waals surface area contributed by atoms with Gasteiger partial charge in [0.15, 0.2) is 0 Å². The molecule has 6 heteroatoms. The van der Waals surface area contributed by atoms with Crippen molar-refractivity contribution in [2.45, 2.75) is 0 Å². The minimum atomic E-state index is -1.06. The molecule has 0 aliphatic heterocycles. The van der Waals surface area contributed by atoms with Crippen LogP contribution in [0.2, 0.25) is 0 Å². The predicted molar refractivity (Wildman–Crippen MR) is 36.7 cm³/mol. The molecular weight excluding hydrogens is 214 g/mol. The Morgan fingerprint density at radius 2 is 1.40 bits per heavy atom. The standard InChI is InChI=1S/C4H7NO4.Sr.2H/c6-3(7)1-5-2-4(8)9;;;/h5H,1-2H2,(H,6,7)(H,8,9);;;. The zero-order valence-electron chi connectivity index (χ0n) is 4.63. The quantitative estimate of drug-likeness (QED) is 0.472. The van der Waals surface area contributed by atoms with Gasteiger partial charge < -0.3 is 10.2 Å². The van der Waals surface area contributed by atoms with E-state index in [0.717, 1.165) is 0 Å². The number of carbonyl (C=O) groups is 2. The van der Waals surface area contributed by atoms with E-state index in [4.69, 9.17) is 10.2 Å². The van der Waals surface area contributed by atoms with Crippen LogP contribution in [0.15, 0.2) is 0 Å². The molecule has 0 rings (SSSR count). The van der Waals surface area contributed by atoms with Crippen LogP contribution < -0.4 is 5.32 Å². The van der Waals surface area contributed by atoms with E-state index in [2.05, 4.69) is 5.32 Å². The van der Waals surface area contributed by atoms with Gasteiger partial charge in [-0.25, -0.2) is 0 Å². The maximum absolute atomic E-state index is 9.73. The summed E-state index contributed by atoms with van der Waals surface area (Å²) in [7, 11) is 0. The summed E-state index contributed by atoms with van der Waals surface area (Å²) in [6.07, 6.45) is 0. The van der Waals surface area contributed by atoms with Crippen molar-refractivity contribution in [3.63, 3.8) is 0 Å². The van der Waals surface area contributed by atoms with E-state index in [-0.39, 0.29) is 58.6 Å². The fourth-order valence-electron chi connectivity index (χ4n) is 0.276. The molecule has 0 heterocycles. The van der Waals surface area contributed by atoms with Crippen molar-refractivity contribution < 1.29 is 19.8 Å². The second-order valence-electron chi connectivity index (χ2n) is 1.39. The molecule has 5 nitrogen and oxygen atoms in total. The predicted octanol–water partition coefficient (Wildman–Crippen LogP) is -2.17. The van der Waals surface area contributed by atoms with Gasteiger partial charge >= 0.3 is 57.4 Å². The molecule has 0 bridgehead atoms. The van der Waals surface area contributed by atoms with E-state index in [1.54, 1.807) is 0 Å². The van der Waals surface area contributed by atoms with Crippen molar-refractivity contribution in [3.8, 4) is 0 Å². The van der Waals surface area contributed by atoms with Gasteiger partial charge in [0.2, 0.25) is 0 Å². The molecule has 0 saturated heterocycles. The van der Waals surface area contributed by atoms with E-state index in [9.17, 15) is 9.59 Å². The fraction of sp³-hybridized carbons (Fsp3) is 0.500. The molecule has 0 spiro atoms. The molecule has 0 aromatic carbocycles. The first-order valence-electron chi connectivity index (χ1n) is 2.27. The number of nitrogens with one attached hydrogen (secondary N) is 1. The Morgan fingerprint density at radius 1 is 1.10 bits per heavy atom. The molecule has 0 aromatic rings. The summed E-state index contributed by atoms with van der Waals surface area (Å²) in [5.74, 6) is -2.12. The fourth-order valence-corrected chi connectivity index (χ4v) is 0.276. The Balaban J connectivity index is 0. The van der Waals surface area contributed by atoms with Gasteiger partial charge in [-0.3, -0.25) is 14.9 Å². The summed E-state index contributed by atoms with van der Waals surface area (Å²) < 4.78 is 0. The Hall–Kier alpha value is 0.381. The molecule has 10 heavy (non-hydrogen) atoms. The average molecular weight is 223 g/mol. The number of rotatable bonds is 4. The Morgan fingerprint density at radius 3 is 1.60 bits per heavy atom. The van der Waals surface area contributed by atoms with Crippen molar-refractivity contribution in [1.29, 1.82) is 0 Å². The topological polar surface area (TPSA) is 86.6 Å². The van der Waals surface area contributed by atoms with Crippen molar-refractivity contribution in [3.05, 3.63) is 0 Å². The van der Waals surface area contributed by atoms with E-state index in [0.29, 0.717) is 0 Å². The number of carboxylic acids is 2. The van der Waals surface area contributed by atoms with Crippen LogP contribution in [0.4, 0.5) is 0 Å². The summed E-state index contributed by atoms with van der Waals surface area (Å²) >= 11 is 0. The van der Waals surface area contributed by atoms with Crippen molar-refractivity contribution in [1.82, 2.24) is 5.32 Å². The van der Waals surface area contributed by atoms with E-state index in [1.807, 2.05) is 0 Å². The van der Waals surface area contributed by atoms with Crippen molar-refractivity contribution in [2.75, 3.05) is 13.1 Å². The van der Waals surface area contributed by atoms with Crippen LogP contribution >= 0.6 is 0 Å². The zero-order chi connectivity index (χ0) is 7.28. The third kappa shape index (κ3) is 11.2. The molecule has 0 aliphatic rings. The first-order chi connectivity index (χ1) is 4.13. The average Bonchev–Trinajstić information content (AvgIpc) is 1.63. The van der Waals surface area contributed by atoms with Gasteiger partial charge in [-0.2, -0.15) is 0 Å². The van der Waals surface area contributed by atoms with Gasteiger partial charge in [-0.05, 0) is 0 Å². The molecule has 0 unspecified atom stereocenters. The Bertz CT molecular complexity index is 112. The van der Waals surface area contributed by atoms with Gasteiger partial charge in [0.05, 0.1) is 13.1 Å². The first kappa shape index (κ1) is 13.0. The molecule has 0 fully saturated rings. The number of aliphatic carboxylic acids is 2. The second-order valence-corrected chi connectivity index (χ2v) is 1.39. The van der Waals surface area contributed by atoms with Crippen LogP contribution in [0, 0.1) is 0 Å². The van der Waals surface area contributed by atoms with Crippen molar-refractivity contribution >= 4 is 57.4 Å². The molecule has 0 aromatic heterocycles. The summed E-state index contributed by atoms with van der Waals surface area (Å²) in [5.41, 5.74) is 0. The molecule has 0 aliphatic carbocycles. The van der Waals surface area contributed by atoms with Crippen molar-refractivity contribution in [2.24, 2.45) is 0 Å². The molecule has 0 saturated carbocycles. The molecular formula is C4H9NO4Sr. The monoisotopic (exact) mass is 223 g/mol. The summed E-state index contributed by atoms with van der Waals surface area (Å²) in [4.78, 5) is 19.5. The van der Waals surface area contributed by atoms with Crippen LogP contribution in [0.25, 0.3) is 0 Å². The van der Waals surface area contributed by atoms with Gasteiger partial charge in [0, 0.05) is 0 Å². The molecule has 56 valence electrons. The second kappa shape index (κ2) is 7.49. The molecule has 0 amide bonds. The first-order valence-corrected chi connectivity index (χ1v) is 2.27. The van der Waals surface area contributed by atoms with Gasteiger partial charge in [0.1, 0.15) is 0 Å². The zero-order valence-corrected chi connectivity index (χ0v) is 4.63. The van der Waals surface area contributed by atoms with Gasteiger partial charge in [0.25, 0.3) is 0 Å². The molecule has 0 radical (unpaired) electrons. The number of hydrogen-bond donors (Lipinski definition) is 3. The van der Waals surface area contributed by atoms with Crippen LogP contribution in [-0.4, -0.2) is 80.7 Å². The normalized spacial score (nSPS) is 8.00.